The van der Waals surface area contributed by atoms with Crippen molar-refractivity contribution in [1.29, 1.82) is 0 Å². The minimum absolute atomic E-state index is 0.0162. The molecule has 46 valence electrons. The molecule has 0 saturated carbocycles. The fraction of sp³-hybridized carbons (Fsp3) is 0.800. The molecule has 0 aromatic rings. The van der Waals surface area contributed by atoms with Gasteiger partial charge in [-0.3, -0.25) is 4.79 Å². The lowest BCUT2D eigenvalue weighted by molar-refractivity contribution is -0.121. The first-order chi connectivity index (χ1) is 3.75. The Hall–Kier alpha value is -0.570. The van der Waals surface area contributed by atoms with E-state index >= 15 is 0 Å². The summed E-state index contributed by atoms with van der Waals surface area (Å²) in [6.45, 7) is 1.87. The van der Waals surface area contributed by atoms with E-state index in [1.54, 1.807) is 7.05 Å². The predicted octanol–water partition coefficient (Wildman–Crippen LogP) is -0.480. The number of ether oxygens (including phenoxy) is 1. The molecule has 0 bridgehead atoms. The van der Waals surface area contributed by atoms with Gasteiger partial charge in [-0.25, -0.2) is 0 Å². The van der Waals surface area contributed by atoms with E-state index in [-0.39, 0.29) is 18.1 Å². The van der Waals surface area contributed by atoms with Crippen LogP contribution >= 0.6 is 0 Å². The lowest BCUT2D eigenvalue weighted by atomic mass is 10.3. The van der Waals surface area contributed by atoms with E-state index in [9.17, 15) is 4.79 Å². The zero-order chi connectivity index (χ0) is 6.15. The van der Waals surface area contributed by atoms with E-state index in [0.29, 0.717) is 0 Å². The molecule has 1 N–H and O–H groups in total. The van der Waals surface area contributed by atoms with Gasteiger partial charge in [0.1, 0.15) is 0 Å². The standard InChI is InChI=1S/C5H9NO2/c1-3-4(8-3)5(7)6-2/h3-4H,1-2H3,(H,6,7). The van der Waals surface area contributed by atoms with Crippen molar-refractivity contribution < 1.29 is 9.53 Å². The molecule has 1 amide bonds. The molecule has 0 radical (unpaired) electrons. The highest BCUT2D eigenvalue weighted by Gasteiger charge is 2.40. The van der Waals surface area contributed by atoms with Gasteiger partial charge in [0.15, 0.2) is 6.10 Å². The van der Waals surface area contributed by atoms with Crippen LogP contribution in [0.5, 0.6) is 0 Å². The first kappa shape index (κ1) is 5.56. The van der Waals surface area contributed by atoms with Gasteiger partial charge >= 0.3 is 0 Å². The number of rotatable bonds is 1. The molecule has 0 aliphatic carbocycles. The number of hydrogen-bond donors (Lipinski definition) is 1. The third-order valence-electron chi connectivity index (χ3n) is 1.22. The molecule has 1 aliphatic rings. The summed E-state index contributed by atoms with van der Waals surface area (Å²) >= 11 is 0. The van der Waals surface area contributed by atoms with E-state index in [1.807, 2.05) is 6.92 Å². The quantitative estimate of drug-likeness (QED) is 0.469. The molecule has 2 unspecified atom stereocenters. The Morgan fingerprint density at radius 1 is 1.75 bits per heavy atom. The Morgan fingerprint density at radius 3 is 2.38 bits per heavy atom. The van der Waals surface area contributed by atoms with Crippen molar-refractivity contribution in [2.45, 2.75) is 19.1 Å². The Labute approximate surface area is 48.0 Å². The summed E-state index contributed by atoms with van der Waals surface area (Å²) < 4.78 is 4.86. The molecule has 3 heteroatoms. The monoisotopic (exact) mass is 115 g/mol. The summed E-state index contributed by atoms with van der Waals surface area (Å²) in [5.74, 6) is -0.0162. The van der Waals surface area contributed by atoms with Gasteiger partial charge in [-0.2, -0.15) is 0 Å². The number of likely N-dealkylation sites (N-methyl/N-ethyl adjacent to an activating group) is 1. The van der Waals surface area contributed by atoms with Crippen LogP contribution in [0.2, 0.25) is 0 Å². The maximum Gasteiger partial charge on any atom is 0.251 e. The smallest absolute Gasteiger partial charge is 0.251 e. The van der Waals surface area contributed by atoms with Crippen LogP contribution in [0.15, 0.2) is 0 Å². The average Bonchev–Trinajstić information content (AvgIpc) is 2.45. The number of carbonyl (C=O) groups excluding carboxylic acids is 1. The largest absolute Gasteiger partial charge is 0.359 e. The highest BCUT2D eigenvalue weighted by Crippen LogP contribution is 2.20. The van der Waals surface area contributed by atoms with Crippen molar-refractivity contribution in [1.82, 2.24) is 5.32 Å². The lowest BCUT2D eigenvalue weighted by Crippen LogP contribution is -2.24. The van der Waals surface area contributed by atoms with Crippen LogP contribution in [-0.4, -0.2) is 25.2 Å². The molecular weight excluding hydrogens is 106 g/mol. The third-order valence-corrected chi connectivity index (χ3v) is 1.22. The molecule has 0 spiro atoms. The second-order valence-electron chi connectivity index (χ2n) is 1.88. The van der Waals surface area contributed by atoms with Gasteiger partial charge in [-0.15, -0.1) is 0 Å². The van der Waals surface area contributed by atoms with Gasteiger partial charge in [0.2, 0.25) is 0 Å². The second kappa shape index (κ2) is 1.74. The number of amides is 1. The van der Waals surface area contributed by atoms with Gasteiger partial charge in [-0.1, -0.05) is 0 Å². The summed E-state index contributed by atoms with van der Waals surface area (Å²) in [5.41, 5.74) is 0. The second-order valence-corrected chi connectivity index (χ2v) is 1.88. The van der Waals surface area contributed by atoms with Gasteiger partial charge < -0.3 is 10.1 Å². The Kier molecular flexibility index (Phi) is 1.21. The molecule has 1 rings (SSSR count). The number of nitrogens with one attached hydrogen (secondary N) is 1. The first-order valence-corrected chi connectivity index (χ1v) is 2.62. The molecule has 1 saturated heterocycles. The highest BCUT2D eigenvalue weighted by atomic mass is 16.6. The SMILES string of the molecule is CNC(=O)C1OC1C. The van der Waals surface area contributed by atoms with Crippen LogP contribution in [0.1, 0.15) is 6.92 Å². The molecule has 0 aromatic heterocycles. The van der Waals surface area contributed by atoms with Crippen LogP contribution < -0.4 is 5.32 Å². The zero-order valence-corrected chi connectivity index (χ0v) is 4.97. The van der Waals surface area contributed by atoms with E-state index in [2.05, 4.69) is 5.32 Å². The minimum Gasteiger partial charge on any atom is -0.359 e. The Balaban J connectivity index is 2.28. The summed E-state index contributed by atoms with van der Waals surface area (Å²) in [5, 5.41) is 2.49. The van der Waals surface area contributed by atoms with E-state index < -0.39 is 0 Å². The lowest BCUT2D eigenvalue weighted by Gasteiger charge is -1.88. The average molecular weight is 115 g/mol. The maximum absolute atomic E-state index is 10.5. The number of epoxide rings is 1. The molecule has 2 atom stereocenters. The van der Waals surface area contributed by atoms with Gasteiger partial charge in [0, 0.05) is 7.05 Å². The van der Waals surface area contributed by atoms with Crippen molar-refractivity contribution in [3.63, 3.8) is 0 Å². The van der Waals surface area contributed by atoms with Crippen molar-refractivity contribution in [3.8, 4) is 0 Å². The van der Waals surface area contributed by atoms with Crippen LogP contribution in [0, 0.1) is 0 Å². The molecule has 8 heavy (non-hydrogen) atoms. The summed E-state index contributed by atoms with van der Waals surface area (Å²) in [6.07, 6.45) is -0.0325. The Bertz CT molecular complexity index is 113. The molecule has 1 fully saturated rings. The molecule has 3 nitrogen and oxygen atoms in total. The predicted molar refractivity (Wildman–Crippen MR) is 28.4 cm³/mol. The van der Waals surface area contributed by atoms with Gasteiger partial charge in [0.05, 0.1) is 6.10 Å². The first-order valence-electron chi connectivity index (χ1n) is 2.62. The van der Waals surface area contributed by atoms with E-state index in [4.69, 9.17) is 4.74 Å². The van der Waals surface area contributed by atoms with Crippen LogP contribution in [0.4, 0.5) is 0 Å². The van der Waals surface area contributed by atoms with Crippen molar-refractivity contribution in [3.05, 3.63) is 0 Å². The van der Waals surface area contributed by atoms with Crippen molar-refractivity contribution in [2.24, 2.45) is 0 Å². The summed E-state index contributed by atoms with van der Waals surface area (Å²) in [7, 11) is 1.61. The van der Waals surface area contributed by atoms with Crippen molar-refractivity contribution in [2.75, 3.05) is 7.05 Å². The number of hydrogen-bond acceptors (Lipinski definition) is 2. The van der Waals surface area contributed by atoms with Crippen LogP contribution in [0.3, 0.4) is 0 Å². The minimum atomic E-state index is -0.167. The topological polar surface area (TPSA) is 41.6 Å². The summed E-state index contributed by atoms with van der Waals surface area (Å²) in [6, 6.07) is 0. The Morgan fingerprint density at radius 2 is 2.25 bits per heavy atom. The third kappa shape index (κ3) is 0.816. The number of carbonyl (C=O) groups is 1. The van der Waals surface area contributed by atoms with E-state index in [1.165, 1.54) is 0 Å². The molecular formula is C5H9NO2. The fourth-order valence-corrected chi connectivity index (χ4v) is 0.603. The molecule has 1 heterocycles. The highest BCUT2D eigenvalue weighted by molar-refractivity contribution is 5.83. The fourth-order valence-electron chi connectivity index (χ4n) is 0.603. The van der Waals surface area contributed by atoms with Gasteiger partial charge in [0.25, 0.3) is 5.91 Å². The zero-order valence-electron chi connectivity index (χ0n) is 4.97. The van der Waals surface area contributed by atoms with E-state index in [0.717, 1.165) is 0 Å². The van der Waals surface area contributed by atoms with Gasteiger partial charge in [-0.05, 0) is 6.92 Å². The summed E-state index contributed by atoms with van der Waals surface area (Å²) in [4.78, 5) is 10.5. The normalized spacial score (nSPS) is 34.2. The van der Waals surface area contributed by atoms with Crippen molar-refractivity contribution >= 4 is 5.91 Å². The van der Waals surface area contributed by atoms with Crippen LogP contribution in [-0.2, 0) is 9.53 Å². The maximum atomic E-state index is 10.5. The molecule has 1 aliphatic heterocycles. The van der Waals surface area contributed by atoms with Crippen LogP contribution in [0.25, 0.3) is 0 Å². The molecule has 0 aromatic carbocycles.